The minimum absolute atomic E-state index is 0.0313. The fourth-order valence-corrected chi connectivity index (χ4v) is 2.08. The lowest BCUT2D eigenvalue weighted by Gasteiger charge is -2.14. The van der Waals surface area contributed by atoms with Gasteiger partial charge in [-0.3, -0.25) is 0 Å². The number of carbonyl (C=O) groups is 1. The molecule has 0 radical (unpaired) electrons. The van der Waals surface area contributed by atoms with E-state index in [0.29, 0.717) is 0 Å². The van der Waals surface area contributed by atoms with Crippen molar-refractivity contribution >= 4 is 27.7 Å². The Bertz CT molecular complexity index is 639. The third-order valence-electron chi connectivity index (χ3n) is 2.22. The first kappa shape index (κ1) is 16.6. The van der Waals surface area contributed by atoms with Crippen molar-refractivity contribution < 1.29 is 35.7 Å². The Kier molecular flexibility index (Phi) is 4.55. The van der Waals surface area contributed by atoms with Crippen LogP contribution in [0.2, 0.25) is 5.02 Å². The smallest absolute Gasteiger partial charge is 0.478 e. The van der Waals surface area contributed by atoms with E-state index in [0.717, 1.165) is 12.1 Å². The van der Waals surface area contributed by atoms with E-state index < -0.39 is 32.9 Å². The lowest BCUT2D eigenvalue weighted by Crippen LogP contribution is -2.29. The fourth-order valence-electron chi connectivity index (χ4n) is 1.33. The Morgan fingerprint density at radius 2 is 1.95 bits per heavy atom. The van der Waals surface area contributed by atoms with Crippen molar-refractivity contribution in [3.05, 3.63) is 28.3 Å². The second-order valence-electron chi connectivity index (χ2n) is 3.58. The molecule has 0 amide bonds. The molecule has 0 spiro atoms. The van der Waals surface area contributed by atoms with Crippen molar-refractivity contribution in [1.29, 1.82) is 0 Å². The van der Waals surface area contributed by atoms with Gasteiger partial charge in [0, 0.05) is 5.02 Å². The number of halogens is 4. The van der Waals surface area contributed by atoms with Crippen molar-refractivity contribution in [3.63, 3.8) is 0 Å². The van der Waals surface area contributed by atoms with Gasteiger partial charge in [0.15, 0.2) is 5.75 Å². The highest BCUT2D eigenvalue weighted by molar-refractivity contribution is 7.88. The highest BCUT2D eigenvalue weighted by Gasteiger charge is 2.49. The highest BCUT2D eigenvalue weighted by Crippen LogP contribution is 2.34. The van der Waals surface area contributed by atoms with Crippen LogP contribution in [0.25, 0.3) is 0 Å². The maximum atomic E-state index is 12.3. The average molecular weight is 333 g/mol. The Morgan fingerprint density at radius 3 is 2.35 bits per heavy atom. The first-order valence-corrected chi connectivity index (χ1v) is 6.84. The summed E-state index contributed by atoms with van der Waals surface area (Å²) < 4.78 is 62.7. The molecule has 0 aliphatic rings. The van der Waals surface area contributed by atoms with E-state index in [4.69, 9.17) is 16.7 Å². The quantitative estimate of drug-likeness (QED) is 0.677. The normalized spacial score (nSPS) is 12.2. The third-order valence-corrected chi connectivity index (χ3v) is 3.39. The van der Waals surface area contributed by atoms with Crippen LogP contribution in [0.15, 0.2) is 12.1 Å². The summed E-state index contributed by atoms with van der Waals surface area (Å²) in [6.07, 6.45) is 0.0313. The Balaban J connectivity index is 3.48. The summed E-state index contributed by atoms with van der Waals surface area (Å²) in [6.45, 7) is 1.48. The molecule has 10 heteroatoms. The first-order chi connectivity index (χ1) is 8.99. The van der Waals surface area contributed by atoms with E-state index in [-0.39, 0.29) is 17.0 Å². The van der Waals surface area contributed by atoms with E-state index in [1.165, 1.54) is 6.92 Å². The van der Waals surface area contributed by atoms with Gasteiger partial charge >= 0.3 is 21.6 Å². The van der Waals surface area contributed by atoms with Crippen molar-refractivity contribution in [2.75, 3.05) is 0 Å². The van der Waals surface area contributed by atoms with Crippen LogP contribution in [0, 0.1) is 0 Å². The number of rotatable bonds is 4. The highest BCUT2D eigenvalue weighted by atomic mass is 35.5. The molecule has 0 atom stereocenters. The summed E-state index contributed by atoms with van der Waals surface area (Å²) in [4.78, 5) is 11.0. The van der Waals surface area contributed by atoms with Gasteiger partial charge in [-0.05, 0) is 24.1 Å². The van der Waals surface area contributed by atoms with Gasteiger partial charge in [-0.15, -0.1) is 0 Å². The lowest BCUT2D eigenvalue weighted by molar-refractivity contribution is -0.0500. The minimum atomic E-state index is -5.96. The molecule has 1 rings (SSSR count). The fraction of sp³-hybridized carbons (Fsp3) is 0.300. The number of aryl methyl sites for hydroxylation is 1. The van der Waals surface area contributed by atoms with Gasteiger partial charge < -0.3 is 9.29 Å². The van der Waals surface area contributed by atoms with Crippen LogP contribution >= 0.6 is 11.6 Å². The molecule has 1 aromatic carbocycles. The zero-order chi connectivity index (χ0) is 15.7. The molecule has 0 aliphatic carbocycles. The number of carboxylic acid groups (broad SMARTS) is 1. The SMILES string of the molecule is CCc1cc(Cl)cc(C(=O)O)c1OS(=O)(=O)C(F)(F)F. The molecule has 0 saturated carbocycles. The predicted molar refractivity (Wildman–Crippen MR) is 63.4 cm³/mol. The van der Waals surface area contributed by atoms with Crippen LogP contribution in [-0.2, 0) is 16.5 Å². The van der Waals surface area contributed by atoms with E-state index >= 15 is 0 Å². The van der Waals surface area contributed by atoms with Gasteiger partial charge in [0.2, 0.25) is 0 Å². The summed E-state index contributed by atoms with van der Waals surface area (Å²) >= 11 is 5.62. The summed E-state index contributed by atoms with van der Waals surface area (Å²) in [5, 5.41) is 8.84. The average Bonchev–Trinajstić information content (AvgIpc) is 2.28. The Morgan fingerprint density at radius 1 is 1.40 bits per heavy atom. The monoisotopic (exact) mass is 332 g/mol. The maximum Gasteiger partial charge on any atom is 0.534 e. The summed E-state index contributed by atoms with van der Waals surface area (Å²) in [5.74, 6) is -2.55. The largest absolute Gasteiger partial charge is 0.534 e. The van der Waals surface area contributed by atoms with Gasteiger partial charge in [-0.25, -0.2) is 4.79 Å². The van der Waals surface area contributed by atoms with Crippen molar-refractivity contribution in [2.24, 2.45) is 0 Å². The van der Waals surface area contributed by atoms with Crippen molar-refractivity contribution in [1.82, 2.24) is 0 Å². The molecular formula is C10H8ClF3O5S. The molecule has 0 heterocycles. The number of hydrogen-bond acceptors (Lipinski definition) is 4. The zero-order valence-corrected chi connectivity index (χ0v) is 11.4. The van der Waals surface area contributed by atoms with Gasteiger partial charge in [0.25, 0.3) is 0 Å². The zero-order valence-electron chi connectivity index (χ0n) is 9.86. The minimum Gasteiger partial charge on any atom is -0.478 e. The van der Waals surface area contributed by atoms with E-state index in [1.54, 1.807) is 0 Å². The molecule has 1 aromatic rings. The van der Waals surface area contributed by atoms with Crippen molar-refractivity contribution in [3.8, 4) is 5.75 Å². The summed E-state index contributed by atoms with van der Waals surface area (Å²) in [6, 6.07) is 1.94. The number of aromatic carboxylic acids is 1. The van der Waals surface area contributed by atoms with Gasteiger partial charge in [-0.1, -0.05) is 18.5 Å². The molecule has 1 N–H and O–H groups in total. The molecule has 0 aromatic heterocycles. The molecule has 20 heavy (non-hydrogen) atoms. The first-order valence-electron chi connectivity index (χ1n) is 5.06. The van der Waals surface area contributed by atoms with Crippen LogP contribution in [0.3, 0.4) is 0 Å². The molecule has 0 unspecified atom stereocenters. The summed E-state index contributed by atoms with van der Waals surface area (Å²) in [5.41, 5.74) is -6.49. The van der Waals surface area contributed by atoms with E-state index in [2.05, 4.69) is 4.18 Å². The third kappa shape index (κ3) is 3.34. The second-order valence-corrected chi connectivity index (χ2v) is 5.56. The van der Waals surface area contributed by atoms with E-state index in [1.807, 2.05) is 0 Å². The van der Waals surface area contributed by atoms with Crippen LogP contribution in [0.4, 0.5) is 13.2 Å². The maximum absolute atomic E-state index is 12.3. The number of hydrogen-bond donors (Lipinski definition) is 1. The molecular weight excluding hydrogens is 325 g/mol. The molecule has 112 valence electrons. The molecule has 5 nitrogen and oxygen atoms in total. The van der Waals surface area contributed by atoms with Crippen LogP contribution in [0.5, 0.6) is 5.75 Å². The number of alkyl halides is 3. The second kappa shape index (κ2) is 5.49. The van der Waals surface area contributed by atoms with Gasteiger partial charge in [0.05, 0.1) is 0 Å². The van der Waals surface area contributed by atoms with Crippen LogP contribution in [-0.4, -0.2) is 25.0 Å². The summed E-state index contributed by atoms with van der Waals surface area (Å²) in [7, 11) is -5.96. The molecule has 0 bridgehead atoms. The number of carboxylic acids is 1. The lowest BCUT2D eigenvalue weighted by atomic mass is 10.1. The molecule has 0 aliphatic heterocycles. The van der Waals surface area contributed by atoms with E-state index in [9.17, 15) is 26.4 Å². The van der Waals surface area contributed by atoms with Gasteiger partial charge in [-0.2, -0.15) is 21.6 Å². The molecule has 0 saturated heterocycles. The van der Waals surface area contributed by atoms with Gasteiger partial charge in [0.1, 0.15) is 5.56 Å². The van der Waals surface area contributed by atoms with Crippen LogP contribution < -0.4 is 4.18 Å². The predicted octanol–water partition coefficient (Wildman–Crippen LogP) is 2.83. The Hall–Kier alpha value is -1.48. The van der Waals surface area contributed by atoms with Crippen LogP contribution in [0.1, 0.15) is 22.8 Å². The Labute approximate surface area is 117 Å². The number of benzene rings is 1. The topological polar surface area (TPSA) is 80.7 Å². The molecule has 0 fully saturated rings. The standard InChI is InChI=1S/C10H8ClF3O5S/c1-2-5-3-6(11)4-7(9(15)16)8(5)19-20(17,18)10(12,13)14/h3-4H,2H2,1H3,(H,15,16). The van der Waals surface area contributed by atoms with Crippen molar-refractivity contribution in [2.45, 2.75) is 18.9 Å².